The summed E-state index contributed by atoms with van der Waals surface area (Å²) in [6.07, 6.45) is 12.8. The fourth-order valence-electron chi connectivity index (χ4n) is 5.12. The maximum atomic E-state index is 2.65. The summed E-state index contributed by atoms with van der Waals surface area (Å²) >= 11 is 0. The minimum atomic E-state index is 0.329. The minimum absolute atomic E-state index is 0.329. The molecular weight excluding hydrogens is 242 g/mol. The molecule has 0 spiro atoms. The topological polar surface area (TPSA) is 0 Å². The Morgan fingerprint density at radius 3 is 1.71 bits per heavy atom. The molecule has 0 heterocycles. The molecule has 17 heavy (non-hydrogen) atoms. The first-order chi connectivity index (χ1) is 8.07. The largest absolute Gasteiger partial charge is 0.113 e. The molecule has 4 aliphatic carbocycles. The number of rotatable bonds is 4. The van der Waals surface area contributed by atoms with Crippen molar-refractivity contribution in [2.24, 2.45) is 17.8 Å². The Hall–Kier alpha value is 0.860. The lowest BCUT2D eigenvalue weighted by atomic mass is 9.56. The van der Waals surface area contributed by atoms with Gasteiger partial charge in [-0.2, -0.15) is 0 Å². The molecule has 2 heteroatoms. The highest BCUT2D eigenvalue weighted by Crippen LogP contribution is 2.67. The van der Waals surface area contributed by atoms with Crippen LogP contribution >= 0.6 is 15.8 Å². The van der Waals surface area contributed by atoms with Gasteiger partial charge in [0.25, 0.3) is 0 Å². The van der Waals surface area contributed by atoms with Crippen molar-refractivity contribution in [3.8, 4) is 0 Å². The zero-order chi connectivity index (χ0) is 12.0. The molecule has 4 saturated carbocycles. The molecule has 0 aliphatic heterocycles. The molecule has 0 aromatic rings. The van der Waals surface area contributed by atoms with Crippen LogP contribution in [0.25, 0.3) is 0 Å². The second kappa shape index (κ2) is 4.76. The zero-order valence-electron chi connectivity index (χ0n) is 11.8. The predicted octanol–water partition coefficient (Wildman–Crippen LogP) is 4.81. The van der Waals surface area contributed by atoms with Crippen LogP contribution in [0, 0.1) is 17.8 Å². The Kier molecular flexibility index (Phi) is 3.60. The van der Waals surface area contributed by atoms with Gasteiger partial charge in [0, 0.05) is 0 Å². The molecule has 0 unspecified atom stereocenters. The van der Waals surface area contributed by atoms with E-state index < -0.39 is 0 Å². The maximum absolute atomic E-state index is 2.65. The van der Waals surface area contributed by atoms with Crippen molar-refractivity contribution < 1.29 is 0 Å². The summed E-state index contributed by atoms with van der Waals surface area (Å²) in [5.41, 5.74) is 0. The standard InChI is InChI=1S/C15H28P2/c1-16(2)4-5-17(3)15-9-12-6-13(10-15)8-14(7-12)11-15/h12-14H,4-11H2,1-3H3/t12?,13?,14?,15?,17-/m0/s1. The summed E-state index contributed by atoms with van der Waals surface area (Å²) in [7, 11) is 0.671. The van der Waals surface area contributed by atoms with Crippen LogP contribution in [0.5, 0.6) is 0 Å². The van der Waals surface area contributed by atoms with Crippen LogP contribution in [0.15, 0.2) is 0 Å². The molecule has 4 bridgehead atoms. The van der Waals surface area contributed by atoms with Gasteiger partial charge in [-0.25, -0.2) is 0 Å². The first-order valence-corrected chi connectivity index (χ1v) is 11.8. The van der Waals surface area contributed by atoms with Crippen LogP contribution < -0.4 is 0 Å². The summed E-state index contributed by atoms with van der Waals surface area (Å²) in [5, 5.41) is 0.870. The predicted molar refractivity (Wildman–Crippen MR) is 82.2 cm³/mol. The molecule has 1 atom stereocenters. The monoisotopic (exact) mass is 270 g/mol. The second-order valence-corrected chi connectivity index (χ2v) is 12.8. The summed E-state index contributed by atoms with van der Waals surface area (Å²) in [6.45, 7) is 7.57. The highest BCUT2D eigenvalue weighted by molar-refractivity contribution is 7.61. The van der Waals surface area contributed by atoms with E-state index in [0.29, 0.717) is 15.8 Å². The van der Waals surface area contributed by atoms with Crippen molar-refractivity contribution in [3.63, 3.8) is 0 Å². The van der Waals surface area contributed by atoms with Crippen LogP contribution in [0.1, 0.15) is 38.5 Å². The lowest BCUT2D eigenvalue weighted by molar-refractivity contribution is 0.0357. The van der Waals surface area contributed by atoms with Crippen LogP contribution in [0.4, 0.5) is 0 Å². The van der Waals surface area contributed by atoms with Crippen molar-refractivity contribution in [2.45, 2.75) is 43.7 Å². The Bertz CT molecular complexity index is 249. The van der Waals surface area contributed by atoms with E-state index in [1.807, 2.05) is 0 Å². The van der Waals surface area contributed by atoms with Gasteiger partial charge in [0.2, 0.25) is 0 Å². The Morgan fingerprint density at radius 2 is 1.29 bits per heavy atom. The van der Waals surface area contributed by atoms with E-state index in [0.717, 1.165) is 22.9 Å². The van der Waals surface area contributed by atoms with E-state index in [4.69, 9.17) is 0 Å². The quantitative estimate of drug-likeness (QED) is 0.643. The summed E-state index contributed by atoms with van der Waals surface area (Å²) < 4.78 is 0. The third kappa shape index (κ3) is 2.47. The van der Waals surface area contributed by atoms with Gasteiger partial charge in [-0.15, -0.1) is 15.8 Å². The zero-order valence-corrected chi connectivity index (χ0v) is 13.6. The molecule has 0 N–H and O–H groups in total. The molecule has 4 fully saturated rings. The molecule has 0 radical (unpaired) electrons. The van der Waals surface area contributed by atoms with Gasteiger partial charge in [-0.3, -0.25) is 0 Å². The summed E-state index contributed by atoms with van der Waals surface area (Å²) in [6, 6.07) is 0. The van der Waals surface area contributed by atoms with Crippen molar-refractivity contribution >= 4 is 15.8 Å². The highest BCUT2D eigenvalue weighted by atomic mass is 31.1. The second-order valence-electron chi connectivity index (χ2n) is 7.37. The Balaban J connectivity index is 1.68. The average Bonchev–Trinajstić information content (AvgIpc) is 2.23. The van der Waals surface area contributed by atoms with Gasteiger partial charge in [-0.1, -0.05) is 0 Å². The minimum Gasteiger partial charge on any atom is -0.113 e. The van der Waals surface area contributed by atoms with E-state index in [1.54, 1.807) is 50.8 Å². The normalized spacial score (nSPS) is 45.5. The van der Waals surface area contributed by atoms with E-state index in [9.17, 15) is 0 Å². The smallest absolute Gasteiger partial charge is 0.00888 e. The van der Waals surface area contributed by atoms with Crippen molar-refractivity contribution in [3.05, 3.63) is 0 Å². The first kappa shape index (κ1) is 12.9. The maximum Gasteiger partial charge on any atom is -0.00888 e. The molecule has 0 aromatic carbocycles. The average molecular weight is 270 g/mol. The molecule has 4 rings (SSSR count). The number of hydrogen-bond donors (Lipinski definition) is 0. The van der Waals surface area contributed by atoms with E-state index in [-0.39, 0.29) is 0 Å². The third-order valence-electron chi connectivity index (χ3n) is 5.70. The fraction of sp³-hybridized carbons (Fsp3) is 1.00. The van der Waals surface area contributed by atoms with Gasteiger partial charge >= 0.3 is 0 Å². The SMILES string of the molecule is CP(C)CC[P@](C)C12CC3CC(CC(C3)C1)C2. The highest BCUT2D eigenvalue weighted by Gasteiger charge is 2.52. The van der Waals surface area contributed by atoms with Crippen molar-refractivity contribution in [2.75, 3.05) is 32.3 Å². The molecule has 0 amide bonds. The van der Waals surface area contributed by atoms with E-state index in [2.05, 4.69) is 20.0 Å². The Labute approximate surface area is 110 Å². The van der Waals surface area contributed by atoms with Crippen molar-refractivity contribution in [1.82, 2.24) is 0 Å². The van der Waals surface area contributed by atoms with Crippen LogP contribution in [0.2, 0.25) is 0 Å². The van der Waals surface area contributed by atoms with Crippen LogP contribution in [-0.2, 0) is 0 Å². The van der Waals surface area contributed by atoms with Gasteiger partial charge in [0.15, 0.2) is 0 Å². The first-order valence-electron chi connectivity index (χ1n) is 7.43. The molecule has 0 saturated heterocycles. The van der Waals surface area contributed by atoms with Gasteiger partial charge in [0.05, 0.1) is 0 Å². The lowest BCUT2D eigenvalue weighted by Gasteiger charge is -2.59. The van der Waals surface area contributed by atoms with Gasteiger partial charge in [0.1, 0.15) is 0 Å². The molecule has 4 aliphatic rings. The molecule has 98 valence electrons. The number of hydrogen-bond acceptors (Lipinski definition) is 0. The van der Waals surface area contributed by atoms with Gasteiger partial charge < -0.3 is 0 Å². The van der Waals surface area contributed by atoms with Gasteiger partial charge in [-0.05, 0) is 93.8 Å². The van der Waals surface area contributed by atoms with Crippen LogP contribution in [0.3, 0.4) is 0 Å². The Morgan fingerprint density at radius 1 is 0.824 bits per heavy atom. The molecule has 0 aromatic heterocycles. The summed E-state index contributed by atoms with van der Waals surface area (Å²) in [4.78, 5) is 0. The molecule has 0 nitrogen and oxygen atoms in total. The third-order valence-corrected chi connectivity index (χ3v) is 10.2. The lowest BCUT2D eigenvalue weighted by Crippen LogP contribution is -2.49. The fourth-order valence-corrected chi connectivity index (χ4v) is 10.1. The summed E-state index contributed by atoms with van der Waals surface area (Å²) in [5.74, 6) is 3.45. The van der Waals surface area contributed by atoms with E-state index in [1.165, 1.54) is 0 Å². The van der Waals surface area contributed by atoms with Crippen molar-refractivity contribution in [1.29, 1.82) is 0 Å². The molecular formula is C15H28P2. The van der Waals surface area contributed by atoms with Crippen LogP contribution in [-0.4, -0.2) is 37.5 Å². The van der Waals surface area contributed by atoms with E-state index >= 15 is 0 Å².